The molecule has 28 heavy (non-hydrogen) atoms. The Hall–Kier alpha value is -1.70. The Bertz CT molecular complexity index is 789. The first-order chi connectivity index (χ1) is 13.5. The number of nitrogens with one attached hydrogen (secondary N) is 2. The van der Waals surface area contributed by atoms with Crippen molar-refractivity contribution in [2.45, 2.75) is 12.5 Å². The largest absolute Gasteiger partial charge is 0.492 e. The van der Waals surface area contributed by atoms with E-state index in [-0.39, 0.29) is 11.8 Å². The van der Waals surface area contributed by atoms with Gasteiger partial charge in [-0.25, -0.2) is 0 Å². The average molecular weight is 486 g/mol. The Balaban J connectivity index is 1.86. The molecule has 0 aliphatic rings. The molecule has 1 unspecified atom stereocenters. The third-order valence-electron chi connectivity index (χ3n) is 3.83. The minimum Gasteiger partial charge on any atom is -0.492 e. The van der Waals surface area contributed by atoms with Crippen LogP contribution in [0.1, 0.15) is 16.8 Å². The van der Waals surface area contributed by atoms with Crippen LogP contribution in [0.2, 0.25) is 5.02 Å². The first-order valence-electron chi connectivity index (χ1n) is 8.71. The highest BCUT2D eigenvalue weighted by atomic mass is 79.9. The van der Waals surface area contributed by atoms with E-state index in [0.717, 1.165) is 5.75 Å². The van der Waals surface area contributed by atoms with E-state index in [4.69, 9.17) is 16.3 Å². The van der Waals surface area contributed by atoms with Crippen LogP contribution in [0.4, 0.5) is 0 Å². The first-order valence-corrected chi connectivity index (χ1v) is 11.3. The second-order valence-corrected chi connectivity index (χ2v) is 8.16. The van der Waals surface area contributed by atoms with E-state index in [1.807, 2.05) is 12.3 Å². The Morgan fingerprint density at radius 3 is 2.57 bits per heavy atom. The topological polar surface area (TPSA) is 67.4 Å². The molecule has 2 aromatic carbocycles. The van der Waals surface area contributed by atoms with Gasteiger partial charge in [0.15, 0.2) is 0 Å². The van der Waals surface area contributed by atoms with Gasteiger partial charge < -0.3 is 15.4 Å². The number of halogens is 2. The van der Waals surface area contributed by atoms with Gasteiger partial charge in [-0.05, 0) is 70.8 Å². The van der Waals surface area contributed by atoms with Crippen molar-refractivity contribution in [1.29, 1.82) is 0 Å². The van der Waals surface area contributed by atoms with Gasteiger partial charge in [0.05, 0.1) is 12.1 Å². The molecule has 0 heterocycles. The summed E-state index contributed by atoms with van der Waals surface area (Å²) in [5.74, 6) is 0.926. The lowest BCUT2D eigenvalue weighted by Gasteiger charge is -2.18. The highest BCUT2D eigenvalue weighted by Gasteiger charge is 2.21. The van der Waals surface area contributed by atoms with Crippen LogP contribution in [-0.4, -0.2) is 43.0 Å². The second kappa shape index (κ2) is 12.0. The molecule has 1 atom stereocenters. The van der Waals surface area contributed by atoms with Crippen LogP contribution < -0.4 is 15.4 Å². The van der Waals surface area contributed by atoms with Crippen LogP contribution in [0.3, 0.4) is 0 Å². The number of carbonyl (C=O) groups is 2. The van der Waals surface area contributed by atoms with Crippen LogP contribution >= 0.6 is 39.3 Å². The highest BCUT2D eigenvalue weighted by Crippen LogP contribution is 2.16. The zero-order chi connectivity index (χ0) is 20.4. The van der Waals surface area contributed by atoms with Crippen LogP contribution in [0, 0.1) is 0 Å². The molecule has 2 rings (SSSR count). The maximum Gasteiger partial charge on any atom is 0.253 e. The van der Waals surface area contributed by atoms with E-state index < -0.39 is 6.04 Å². The summed E-state index contributed by atoms with van der Waals surface area (Å²) >= 11 is 10.8. The summed E-state index contributed by atoms with van der Waals surface area (Å²) in [5.41, 5.74) is 0.496. The summed E-state index contributed by atoms with van der Waals surface area (Å²) in [6.45, 7) is 0.656. The number of hydrogen-bond donors (Lipinski definition) is 2. The molecule has 8 heteroatoms. The fourth-order valence-electron chi connectivity index (χ4n) is 2.38. The fraction of sp³-hybridized carbons (Fsp3) is 0.300. The number of hydrogen-bond acceptors (Lipinski definition) is 4. The molecular formula is C20H22BrClN2O3S. The third-order valence-corrected chi connectivity index (χ3v) is 5.42. The van der Waals surface area contributed by atoms with E-state index in [9.17, 15) is 9.59 Å². The van der Waals surface area contributed by atoms with Crippen molar-refractivity contribution in [1.82, 2.24) is 10.6 Å². The molecule has 0 radical (unpaired) electrons. The lowest BCUT2D eigenvalue weighted by atomic mass is 10.1. The van der Waals surface area contributed by atoms with Gasteiger partial charge in [-0.2, -0.15) is 11.8 Å². The van der Waals surface area contributed by atoms with Crippen LogP contribution in [0.5, 0.6) is 5.75 Å². The number of thioether (sulfide) groups is 1. The quantitative estimate of drug-likeness (QED) is 0.496. The molecule has 2 N–H and O–H groups in total. The van der Waals surface area contributed by atoms with Crippen molar-refractivity contribution in [2.24, 2.45) is 0 Å². The van der Waals surface area contributed by atoms with Crippen molar-refractivity contribution in [3.05, 3.63) is 63.6 Å². The first kappa shape index (κ1) is 22.6. The van der Waals surface area contributed by atoms with Gasteiger partial charge >= 0.3 is 0 Å². The van der Waals surface area contributed by atoms with Gasteiger partial charge in [-0.15, -0.1) is 0 Å². The zero-order valence-electron chi connectivity index (χ0n) is 15.4. The number of ether oxygens (including phenoxy) is 1. The SMILES string of the molecule is CSCCC(NC(=O)c1ccccc1Br)C(=O)NCCOc1ccc(Cl)cc1. The molecule has 5 nitrogen and oxygen atoms in total. The Labute approximate surface area is 182 Å². The standard InChI is InChI=1S/C20H22BrClN2O3S/c1-28-13-10-18(24-19(25)16-4-2-3-5-17(16)21)20(26)23-11-12-27-15-8-6-14(22)7-9-15/h2-9,18H,10-13H2,1H3,(H,23,26)(H,24,25). The van der Waals surface area contributed by atoms with Gasteiger partial charge in [0.25, 0.3) is 5.91 Å². The molecular weight excluding hydrogens is 464 g/mol. The van der Waals surface area contributed by atoms with Crippen molar-refractivity contribution in [2.75, 3.05) is 25.2 Å². The maximum atomic E-state index is 12.5. The minimum atomic E-state index is -0.609. The lowest BCUT2D eigenvalue weighted by molar-refractivity contribution is -0.123. The number of carbonyl (C=O) groups excluding carboxylic acids is 2. The molecule has 0 fully saturated rings. The number of rotatable bonds is 10. The number of benzene rings is 2. The van der Waals surface area contributed by atoms with E-state index in [1.165, 1.54) is 0 Å². The normalized spacial score (nSPS) is 11.5. The monoisotopic (exact) mass is 484 g/mol. The molecule has 0 saturated heterocycles. The third kappa shape index (κ3) is 7.37. The van der Waals surface area contributed by atoms with E-state index in [0.29, 0.717) is 40.4 Å². The molecule has 2 amide bonds. The van der Waals surface area contributed by atoms with E-state index in [1.54, 1.807) is 54.2 Å². The van der Waals surface area contributed by atoms with Gasteiger partial charge in [0, 0.05) is 9.50 Å². The second-order valence-electron chi connectivity index (χ2n) is 5.88. The predicted molar refractivity (Wildman–Crippen MR) is 118 cm³/mol. The summed E-state index contributed by atoms with van der Waals surface area (Å²) in [4.78, 5) is 25.1. The Kier molecular flexibility index (Phi) is 9.67. The average Bonchev–Trinajstić information content (AvgIpc) is 2.69. The molecule has 0 aromatic heterocycles. The molecule has 2 aromatic rings. The molecule has 150 valence electrons. The Morgan fingerprint density at radius 1 is 1.18 bits per heavy atom. The smallest absolute Gasteiger partial charge is 0.253 e. The molecule has 0 spiro atoms. The summed E-state index contributed by atoms with van der Waals surface area (Å²) < 4.78 is 6.26. The maximum absolute atomic E-state index is 12.5. The molecule has 0 aliphatic heterocycles. The van der Waals surface area contributed by atoms with Crippen LogP contribution in [0.15, 0.2) is 53.0 Å². The van der Waals surface area contributed by atoms with Crippen molar-refractivity contribution < 1.29 is 14.3 Å². The van der Waals surface area contributed by atoms with Crippen molar-refractivity contribution in [3.63, 3.8) is 0 Å². The van der Waals surface area contributed by atoms with E-state index >= 15 is 0 Å². The summed E-state index contributed by atoms with van der Waals surface area (Å²) in [6, 6.07) is 13.5. The molecule has 0 bridgehead atoms. The number of amides is 2. The molecule has 0 aliphatic carbocycles. The van der Waals surface area contributed by atoms with E-state index in [2.05, 4.69) is 26.6 Å². The lowest BCUT2D eigenvalue weighted by Crippen LogP contribution is -2.48. The van der Waals surface area contributed by atoms with Crippen molar-refractivity contribution in [3.8, 4) is 5.75 Å². The Morgan fingerprint density at radius 2 is 1.89 bits per heavy atom. The predicted octanol–water partition coefficient (Wildman–Crippen LogP) is 4.15. The molecule has 0 saturated carbocycles. The van der Waals surface area contributed by atoms with Crippen LogP contribution in [-0.2, 0) is 4.79 Å². The zero-order valence-corrected chi connectivity index (χ0v) is 18.6. The fourth-order valence-corrected chi connectivity index (χ4v) is 3.45. The summed E-state index contributed by atoms with van der Waals surface area (Å²) in [6.07, 6.45) is 2.51. The van der Waals surface area contributed by atoms with Gasteiger partial charge in [0.1, 0.15) is 18.4 Å². The van der Waals surface area contributed by atoms with Gasteiger partial charge in [-0.3, -0.25) is 9.59 Å². The highest BCUT2D eigenvalue weighted by molar-refractivity contribution is 9.10. The van der Waals surface area contributed by atoms with Crippen LogP contribution in [0.25, 0.3) is 0 Å². The van der Waals surface area contributed by atoms with Gasteiger partial charge in [-0.1, -0.05) is 23.7 Å². The van der Waals surface area contributed by atoms with Gasteiger partial charge in [0.2, 0.25) is 5.91 Å². The summed E-state index contributed by atoms with van der Waals surface area (Å²) in [5, 5.41) is 6.28. The summed E-state index contributed by atoms with van der Waals surface area (Å²) in [7, 11) is 0. The minimum absolute atomic E-state index is 0.228. The van der Waals surface area contributed by atoms with Crippen molar-refractivity contribution >= 4 is 51.1 Å².